The zero-order chi connectivity index (χ0) is 16.8. The molecule has 0 atom stereocenters. The first kappa shape index (κ1) is 17.1. The summed E-state index contributed by atoms with van der Waals surface area (Å²) >= 11 is 0. The normalized spacial score (nSPS) is 13.8. The van der Waals surface area contributed by atoms with Crippen molar-refractivity contribution in [1.29, 1.82) is 0 Å². The summed E-state index contributed by atoms with van der Waals surface area (Å²) in [6.45, 7) is 2.04. The van der Waals surface area contributed by atoms with E-state index in [2.05, 4.69) is 15.5 Å². The van der Waals surface area contributed by atoms with Crippen molar-refractivity contribution in [2.24, 2.45) is 0 Å². The lowest BCUT2D eigenvalue weighted by Gasteiger charge is -2.19. The number of carbonyl (C=O) groups excluding carboxylic acids is 2. The molecular weight excluding hydrogens is 299 g/mol. The second kappa shape index (κ2) is 7.80. The molecule has 0 saturated carbocycles. The quantitative estimate of drug-likeness (QED) is 0.872. The smallest absolute Gasteiger partial charge is 0.319 e. The maximum absolute atomic E-state index is 13.7. The van der Waals surface area contributed by atoms with Crippen molar-refractivity contribution < 1.29 is 14.0 Å². The van der Waals surface area contributed by atoms with Crippen LogP contribution in [-0.2, 0) is 4.79 Å². The van der Waals surface area contributed by atoms with E-state index < -0.39 is 6.03 Å². The number of carbonyl (C=O) groups is 2. The van der Waals surface area contributed by atoms with Gasteiger partial charge in [-0.25, -0.2) is 9.18 Å². The summed E-state index contributed by atoms with van der Waals surface area (Å²) in [5.41, 5.74) is 1.18. The van der Waals surface area contributed by atoms with Gasteiger partial charge in [0.2, 0.25) is 5.91 Å². The molecule has 1 aromatic rings. The molecule has 0 aromatic heterocycles. The van der Waals surface area contributed by atoms with Crippen LogP contribution in [0.15, 0.2) is 18.2 Å². The molecule has 0 unspecified atom stereocenters. The first-order valence-corrected chi connectivity index (χ1v) is 7.76. The lowest BCUT2D eigenvalue weighted by molar-refractivity contribution is -0.128. The van der Waals surface area contributed by atoms with E-state index in [1.54, 1.807) is 20.2 Å². The number of benzene rings is 1. The van der Waals surface area contributed by atoms with Crippen LogP contribution in [0.2, 0.25) is 0 Å². The molecule has 1 aliphatic rings. The minimum absolute atomic E-state index is 0.0626. The summed E-state index contributed by atoms with van der Waals surface area (Å²) in [7, 11) is 3.32. The van der Waals surface area contributed by atoms with Gasteiger partial charge < -0.3 is 20.4 Å². The van der Waals surface area contributed by atoms with Gasteiger partial charge >= 0.3 is 6.03 Å². The fourth-order valence-electron chi connectivity index (χ4n) is 2.49. The molecule has 1 heterocycles. The third kappa shape index (κ3) is 5.12. The Hall–Kier alpha value is -2.31. The van der Waals surface area contributed by atoms with Gasteiger partial charge in [-0.2, -0.15) is 0 Å². The van der Waals surface area contributed by atoms with E-state index in [1.165, 1.54) is 17.0 Å². The van der Waals surface area contributed by atoms with Gasteiger partial charge in [0.1, 0.15) is 5.82 Å². The molecule has 0 aliphatic carbocycles. The molecule has 1 aromatic carbocycles. The third-order valence-corrected chi connectivity index (χ3v) is 3.73. The third-order valence-electron chi connectivity index (χ3n) is 3.73. The van der Waals surface area contributed by atoms with Crippen LogP contribution in [0.3, 0.4) is 0 Å². The Morgan fingerprint density at radius 1 is 1.22 bits per heavy atom. The molecule has 3 amide bonds. The monoisotopic (exact) mass is 322 g/mol. The highest BCUT2D eigenvalue weighted by molar-refractivity contribution is 5.90. The Morgan fingerprint density at radius 3 is 2.57 bits per heavy atom. The van der Waals surface area contributed by atoms with Gasteiger partial charge in [-0.1, -0.05) is 0 Å². The number of halogens is 1. The maximum atomic E-state index is 13.7. The second-order valence-corrected chi connectivity index (χ2v) is 5.81. The van der Waals surface area contributed by atoms with Crippen molar-refractivity contribution in [2.75, 3.05) is 43.9 Å². The van der Waals surface area contributed by atoms with E-state index in [-0.39, 0.29) is 24.7 Å². The van der Waals surface area contributed by atoms with Gasteiger partial charge in [0, 0.05) is 51.5 Å². The number of nitrogens with one attached hydrogen (secondary N) is 2. The summed E-state index contributed by atoms with van der Waals surface area (Å²) in [6, 6.07) is 4.07. The topological polar surface area (TPSA) is 64.7 Å². The minimum atomic E-state index is -0.450. The predicted octanol–water partition coefficient (Wildman–Crippen LogP) is 2.03. The number of urea groups is 1. The highest BCUT2D eigenvalue weighted by atomic mass is 19.1. The van der Waals surface area contributed by atoms with Gasteiger partial charge in [0.25, 0.3) is 0 Å². The van der Waals surface area contributed by atoms with E-state index >= 15 is 0 Å². The molecule has 23 heavy (non-hydrogen) atoms. The summed E-state index contributed by atoms with van der Waals surface area (Å²) in [5.74, 6) is -0.445. The van der Waals surface area contributed by atoms with E-state index in [0.29, 0.717) is 5.69 Å². The van der Waals surface area contributed by atoms with E-state index in [1.807, 2.05) is 0 Å². The lowest BCUT2D eigenvalue weighted by atomic mass is 10.2. The molecule has 0 radical (unpaired) electrons. The molecule has 0 bridgehead atoms. The summed E-state index contributed by atoms with van der Waals surface area (Å²) in [5, 5.41) is 5.20. The van der Waals surface area contributed by atoms with Gasteiger partial charge in [-0.15, -0.1) is 0 Å². The Balaban J connectivity index is 1.89. The zero-order valence-electron chi connectivity index (χ0n) is 13.6. The zero-order valence-corrected chi connectivity index (χ0v) is 13.6. The van der Waals surface area contributed by atoms with Crippen molar-refractivity contribution >= 4 is 23.3 Å². The first-order valence-electron chi connectivity index (χ1n) is 7.76. The number of nitrogens with zero attached hydrogens (tertiary/aromatic N) is 2. The van der Waals surface area contributed by atoms with Crippen LogP contribution < -0.4 is 15.5 Å². The fourth-order valence-corrected chi connectivity index (χ4v) is 2.49. The highest BCUT2D eigenvalue weighted by Crippen LogP contribution is 2.25. The molecule has 0 spiro atoms. The summed E-state index contributed by atoms with van der Waals surface area (Å²) < 4.78 is 13.7. The Morgan fingerprint density at radius 2 is 1.91 bits per heavy atom. The fraction of sp³-hybridized carbons (Fsp3) is 0.500. The largest absolute Gasteiger partial charge is 0.371 e. The lowest BCUT2D eigenvalue weighted by Crippen LogP contribution is -2.33. The maximum Gasteiger partial charge on any atom is 0.319 e. The Labute approximate surface area is 135 Å². The molecule has 1 fully saturated rings. The number of hydrogen-bond donors (Lipinski definition) is 2. The summed E-state index contributed by atoms with van der Waals surface area (Å²) in [6.07, 6.45) is 2.42. The van der Waals surface area contributed by atoms with Crippen molar-refractivity contribution in [2.45, 2.75) is 19.3 Å². The van der Waals surface area contributed by atoms with Crippen LogP contribution in [-0.4, -0.2) is 50.6 Å². The predicted molar refractivity (Wildman–Crippen MR) is 88.2 cm³/mol. The van der Waals surface area contributed by atoms with Crippen LogP contribution in [0.4, 0.5) is 20.6 Å². The number of hydrogen-bond acceptors (Lipinski definition) is 3. The number of amides is 3. The molecule has 7 heteroatoms. The Bertz CT molecular complexity index is 571. The van der Waals surface area contributed by atoms with Crippen molar-refractivity contribution in [3.8, 4) is 0 Å². The molecule has 2 N–H and O–H groups in total. The van der Waals surface area contributed by atoms with Crippen molar-refractivity contribution in [3.05, 3.63) is 24.0 Å². The molecule has 6 nitrogen and oxygen atoms in total. The van der Waals surface area contributed by atoms with Crippen LogP contribution in [0.1, 0.15) is 19.3 Å². The van der Waals surface area contributed by atoms with E-state index in [0.717, 1.165) is 31.6 Å². The molecule has 1 saturated heterocycles. The first-order chi connectivity index (χ1) is 11.0. The van der Waals surface area contributed by atoms with Gasteiger partial charge in [-0.05, 0) is 31.0 Å². The average Bonchev–Trinajstić information content (AvgIpc) is 3.00. The number of anilines is 2. The molecular formula is C16H23FN4O2. The number of rotatable bonds is 5. The van der Waals surface area contributed by atoms with E-state index in [9.17, 15) is 14.0 Å². The van der Waals surface area contributed by atoms with Crippen molar-refractivity contribution in [3.63, 3.8) is 0 Å². The minimum Gasteiger partial charge on any atom is -0.371 e. The average molecular weight is 322 g/mol. The van der Waals surface area contributed by atoms with Gasteiger partial charge in [-0.3, -0.25) is 4.79 Å². The van der Waals surface area contributed by atoms with Crippen LogP contribution in [0.5, 0.6) is 0 Å². The molecule has 126 valence electrons. The second-order valence-electron chi connectivity index (χ2n) is 5.81. The van der Waals surface area contributed by atoms with Crippen LogP contribution in [0.25, 0.3) is 0 Å². The van der Waals surface area contributed by atoms with Crippen LogP contribution >= 0.6 is 0 Å². The van der Waals surface area contributed by atoms with Crippen molar-refractivity contribution in [1.82, 2.24) is 10.2 Å². The molecule has 2 rings (SSSR count). The SMILES string of the molecule is CN(C)C(=O)CCNC(=O)Nc1cc(F)cc(N2CCCC2)c1. The van der Waals surface area contributed by atoms with Gasteiger partial charge in [0.15, 0.2) is 0 Å². The van der Waals surface area contributed by atoms with Crippen LogP contribution in [0, 0.1) is 5.82 Å². The standard InChI is InChI=1S/C16H23FN4O2/c1-20(2)15(22)5-6-18-16(23)19-13-9-12(17)10-14(11-13)21-7-3-4-8-21/h9-11H,3-8H2,1-2H3,(H2,18,19,23). The highest BCUT2D eigenvalue weighted by Gasteiger charge is 2.14. The van der Waals surface area contributed by atoms with Gasteiger partial charge in [0.05, 0.1) is 0 Å². The summed E-state index contributed by atoms with van der Waals surface area (Å²) in [4.78, 5) is 26.8. The van der Waals surface area contributed by atoms with E-state index in [4.69, 9.17) is 0 Å². The molecule has 1 aliphatic heterocycles. The Kier molecular flexibility index (Phi) is 5.78.